The number of hydrogen-bond acceptors (Lipinski definition) is 5. The number of carboxylic acid groups (broad SMARTS) is 1. The minimum absolute atomic E-state index is 0.109. The molecule has 8 heteroatoms. The number of amides is 2. The topological polar surface area (TPSA) is 116 Å². The predicted molar refractivity (Wildman–Crippen MR) is 155 cm³/mol. The van der Waals surface area contributed by atoms with E-state index in [9.17, 15) is 24.6 Å². The number of aliphatic carboxylic acids is 1. The molecule has 1 heterocycles. The van der Waals surface area contributed by atoms with E-state index < -0.39 is 24.7 Å². The molecular weight excluding hydrogens is 508 g/mol. The van der Waals surface area contributed by atoms with Crippen LogP contribution < -0.4 is 5.32 Å². The summed E-state index contributed by atoms with van der Waals surface area (Å²) < 4.78 is 5.74. The molecule has 3 atom stereocenters. The lowest BCUT2D eigenvalue weighted by Gasteiger charge is -2.33. The molecule has 3 N–H and O–H groups in total. The molecule has 3 rings (SSSR count). The maximum Gasteiger partial charge on any atom is 0.329 e. The third-order valence-electron chi connectivity index (χ3n) is 6.92. The van der Waals surface area contributed by atoms with Crippen LogP contribution in [0.3, 0.4) is 0 Å². The number of nitrogens with zero attached hydrogens (tertiary/aromatic N) is 1. The number of likely N-dealkylation sites (tertiary alicyclic amines) is 1. The van der Waals surface area contributed by atoms with Crippen LogP contribution in [0.25, 0.3) is 0 Å². The largest absolute Gasteiger partial charge is 0.508 e. The van der Waals surface area contributed by atoms with Crippen molar-refractivity contribution in [3.63, 3.8) is 0 Å². The summed E-state index contributed by atoms with van der Waals surface area (Å²) in [5, 5.41) is 21.9. The highest BCUT2D eigenvalue weighted by atomic mass is 16.5. The molecule has 0 aromatic heterocycles. The second kappa shape index (κ2) is 14.8. The Kier molecular flexibility index (Phi) is 11.3. The number of allylic oxidation sites excluding steroid dienone is 3. The molecule has 1 fully saturated rings. The third-order valence-corrected chi connectivity index (χ3v) is 6.92. The maximum atomic E-state index is 13.8. The highest BCUT2D eigenvalue weighted by molar-refractivity contribution is 5.97. The summed E-state index contributed by atoms with van der Waals surface area (Å²) in [6.45, 7) is 7.09. The SMILES string of the molecule is C=C/C=C(\C=C/C)C(OCC(=O)O)c1cccc(NC(=O)C2C(Cc3ccc(O)cc3)CCCCN2C(C)=O)c1. The van der Waals surface area contributed by atoms with Crippen molar-refractivity contribution in [1.29, 1.82) is 0 Å². The second-order valence-electron chi connectivity index (χ2n) is 9.89. The average molecular weight is 547 g/mol. The van der Waals surface area contributed by atoms with Gasteiger partial charge in [-0.2, -0.15) is 0 Å². The van der Waals surface area contributed by atoms with Crippen LogP contribution >= 0.6 is 0 Å². The second-order valence-corrected chi connectivity index (χ2v) is 9.89. The number of phenolic OH excluding ortho intramolecular Hbond substituents is 1. The molecule has 3 unspecified atom stereocenters. The van der Waals surface area contributed by atoms with Gasteiger partial charge in [0.1, 0.15) is 24.5 Å². The van der Waals surface area contributed by atoms with Crippen LogP contribution in [-0.4, -0.2) is 52.1 Å². The number of rotatable bonds is 11. The zero-order valence-electron chi connectivity index (χ0n) is 23.1. The van der Waals surface area contributed by atoms with E-state index in [0.717, 1.165) is 24.8 Å². The molecule has 2 aromatic rings. The Bertz CT molecular complexity index is 1250. The van der Waals surface area contributed by atoms with Gasteiger partial charge in [-0.1, -0.05) is 61.6 Å². The minimum atomic E-state index is -1.09. The first-order valence-corrected chi connectivity index (χ1v) is 13.5. The fourth-order valence-electron chi connectivity index (χ4n) is 5.19. The van der Waals surface area contributed by atoms with Crippen molar-refractivity contribution in [1.82, 2.24) is 4.90 Å². The number of benzene rings is 2. The number of aromatic hydroxyl groups is 1. The quantitative estimate of drug-likeness (QED) is 0.324. The smallest absolute Gasteiger partial charge is 0.329 e. The van der Waals surface area contributed by atoms with Crippen molar-refractivity contribution in [3.05, 3.63) is 96.1 Å². The predicted octanol–water partition coefficient (Wildman–Crippen LogP) is 5.42. The van der Waals surface area contributed by atoms with Gasteiger partial charge in [-0.25, -0.2) is 4.79 Å². The van der Waals surface area contributed by atoms with Crippen molar-refractivity contribution in [2.24, 2.45) is 5.92 Å². The van der Waals surface area contributed by atoms with Gasteiger partial charge in [-0.05, 0) is 73.1 Å². The number of carbonyl (C=O) groups is 3. The molecule has 0 spiro atoms. The maximum absolute atomic E-state index is 13.8. The number of hydrogen-bond donors (Lipinski definition) is 3. The summed E-state index contributed by atoms with van der Waals surface area (Å²) in [7, 11) is 0. The lowest BCUT2D eigenvalue weighted by molar-refractivity contribution is -0.143. The number of anilines is 1. The van der Waals surface area contributed by atoms with E-state index >= 15 is 0 Å². The van der Waals surface area contributed by atoms with Gasteiger partial charge >= 0.3 is 5.97 Å². The minimum Gasteiger partial charge on any atom is -0.508 e. The Morgan fingerprint density at radius 2 is 1.93 bits per heavy atom. The molecular formula is C32H38N2O6. The standard InChI is InChI=1S/C32H38N2O6/c1-4-9-24(10-5-2)31(40-21-29(37)38)26-12-8-13-27(20-26)33-32(39)30-25(11-6-7-18-34(30)22(3)35)19-23-14-16-28(36)17-15-23/h4-5,8-10,12-17,20,25,30-31,36H,1,6-7,11,18-19,21H2,2-3H3,(H,33,39)(H,37,38)/b10-5-,24-9+. The summed E-state index contributed by atoms with van der Waals surface area (Å²) in [6, 6.07) is 13.4. The Hall–Kier alpha value is -4.17. The number of carbonyl (C=O) groups excluding carboxylic acids is 2. The zero-order valence-corrected chi connectivity index (χ0v) is 23.1. The molecule has 0 radical (unpaired) electrons. The Morgan fingerprint density at radius 1 is 1.18 bits per heavy atom. The van der Waals surface area contributed by atoms with Crippen molar-refractivity contribution < 1.29 is 29.3 Å². The number of nitrogens with one attached hydrogen (secondary N) is 1. The Morgan fingerprint density at radius 3 is 2.58 bits per heavy atom. The number of phenols is 1. The van der Waals surface area contributed by atoms with Gasteiger partial charge in [0.25, 0.3) is 0 Å². The zero-order chi connectivity index (χ0) is 29.1. The molecule has 1 aliphatic rings. The van der Waals surface area contributed by atoms with Gasteiger partial charge in [0.15, 0.2) is 0 Å². The van der Waals surface area contributed by atoms with Crippen LogP contribution in [0.15, 0.2) is 85.0 Å². The van der Waals surface area contributed by atoms with Crippen LogP contribution in [0.5, 0.6) is 5.75 Å². The highest BCUT2D eigenvalue weighted by Gasteiger charge is 2.37. The number of carboxylic acids is 1. The van der Waals surface area contributed by atoms with Crippen LogP contribution in [-0.2, 0) is 25.5 Å². The fraction of sp³-hybridized carbons (Fsp3) is 0.344. The van der Waals surface area contributed by atoms with Gasteiger partial charge in [0.05, 0.1) is 0 Å². The number of ether oxygens (including phenoxy) is 1. The van der Waals surface area contributed by atoms with Crippen molar-refractivity contribution >= 4 is 23.5 Å². The van der Waals surface area contributed by atoms with Crippen LogP contribution in [0.1, 0.15) is 50.3 Å². The summed E-state index contributed by atoms with van der Waals surface area (Å²) >= 11 is 0. The van der Waals surface area contributed by atoms with Gasteiger partial charge in [0.2, 0.25) is 11.8 Å². The third kappa shape index (κ3) is 8.41. The van der Waals surface area contributed by atoms with Gasteiger partial charge in [-0.3, -0.25) is 9.59 Å². The summed E-state index contributed by atoms with van der Waals surface area (Å²) in [5.74, 6) is -1.46. The molecule has 2 aromatic carbocycles. The van der Waals surface area contributed by atoms with Crippen LogP contribution in [0.2, 0.25) is 0 Å². The average Bonchev–Trinajstić information content (AvgIpc) is 3.13. The van der Waals surface area contributed by atoms with Gasteiger partial charge < -0.3 is 25.2 Å². The first kappa shape index (κ1) is 30.4. The highest BCUT2D eigenvalue weighted by Crippen LogP contribution is 2.31. The molecule has 8 nitrogen and oxygen atoms in total. The summed E-state index contributed by atoms with van der Waals surface area (Å²) in [5.41, 5.74) is 2.87. The van der Waals surface area contributed by atoms with E-state index in [2.05, 4.69) is 11.9 Å². The molecule has 1 aliphatic heterocycles. The van der Waals surface area contributed by atoms with Crippen molar-refractivity contribution in [2.75, 3.05) is 18.5 Å². The molecule has 2 amide bonds. The van der Waals surface area contributed by atoms with Gasteiger partial charge in [0, 0.05) is 19.2 Å². The lowest BCUT2D eigenvalue weighted by Crippen LogP contribution is -2.50. The van der Waals surface area contributed by atoms with Crippen molar-refractivity contribution in [3.8, 4) is 5.75 Å². The van der Waals surface area contributed by atoms with E-state index in [0.29, 0.717) is 29.8 Å². The van der Waals surface area contributed by atoms with Crippen LogP contribution in [0.4, 0.5) is 5.69 Å². The Balaban J connectivity index is 1.92. The van der Waals surface area contributed by atoms with Crippen molar-refractivity contribution in [2.45, 2.75) is 51.7 Å². The van der Waals surface area contributed by atoms with E-state index in [-0.39, 0.29) is 23.5 Å². The molecule has 40 heavy (non-hydrogen) atoms. The van der Waals surface area contributed by atoms with E-state index in [1.165, 1.54) is 6.92 Å². The first-order valence-electron chi connectivity index (χ1n) is 13.5. The van der Waals surface area contributed by atoms with E-state index in [4.69, 9.17) is 4.74 Å². The summed E-state index contributed by atoms with van der Waals surface area (Å²) in [4.78, 5) is 39.4. The van der Waals surface area contributed by atoms with Gasteiger partial charge in [-0.15, -0.1) is 0 Å². The monoisotopic (exact) mass is 546 g/mol. The molecule has 1 saturated heterocycles. The molecule has 0 bridgehead atoms. The van der Waals surface area contributed by atoms with E-state index in [1.807, 2.05) is 37.3 Å². The molecule has 0 saturated carbocycles. The summed E-state index contributed by atoms with van der Waals surface area (Å²) in [6.07, 6.45) is 9.40. The Labute approximate surface area is 235 Å². The normalized spacial score (nSPS) is 18.6. The lowest BCUT2D eigenvalue weighted by atomic mass is 9.87. The fourth-order valence-corrected chi connectivity index (χ4v) is 5.19. The van der Waals surface area contributed by atoms with E-state index in [1.54, 1.807) is 47.4 Å². The molecule has 212 valence electrons. The first-order chi connectivity index (χ1) is 19.2. The molecule has 0 aliphatic carbocycles. The van der Waals surface area contributed by atoms with Crippen LogP contribution in [0, 0.1) is 5.92 Å².